The van der Waals surface area contributed by atoms with Crippen molar-refractivity contribution in [1.82, 2.24) is 10.6 Å². The second-order valence-corrected chi connectivity index (χ2v) is 6.04. The number of nitriles is 1. The second-order valence-electron chi connectivity index (χ2n) is 4.93. The van der Waals surface area contributed by atoms with Crippen LogP contribution in [0.15, 0.2) is 34.3 Å². The number of nitrogens with two attached hydrogens (primary N) is 1. The number of nitrogens with zero attached hydrogens (tertiary/aromatic N) is 3. The molecule has 0 aliphatic carbocycles. The third kappa shape index (κ3) is 9.63. The minimum atomic E-state index is -4.38. The van der Waals surface area contributed by atoms with Crippen molar-refractivity contribution in [2.24, 2.45) is 15.7 Å². The van der Waals surface area contributed by atoms with Gasteiger partial charge < -0.3 is 21.7 Å². The van der Waals surface area contributed by atoms with Crippen LogP contribution in [0.25, 0.3) is 0 Å². The molecule has 1 aromatic rings. The van der Waals surface area contributed by atoms with Gasteiger partial charge in [-0.25, -0.2) is 4.99 Å². The smallest absolute Gasteiger partial charge is 0.370 e. The zero-order valence-electron chi connectivity index (χ0n) is 14.1. The van der Waals surface area contributed by atoms with Gasteiger partial charge in [0.05, 0.1) is 0 Å². The molecular formula is C15H20F3N7S. The Balaban J connectivity index is 2.43. The maximum Gasteiger partial charge on any atom is 0.408 e. The van der Waals surface area contributed by atoms with E-state index in [2.05, 4.69) is 25.9 Å². The van der Waals surface area contributed by atoms with Crippen molar-refractivity contribution in [3.05, 3.63) is 29.8 Å². The predicted octanol–water partition coefficient (Wildman–Crippen LogP) is 1.85. The maximum absolute atomic E-state index is 12.1. The van der Waals surface area contributed by atoms with Crippen molar-refractivity contribution < 1.29 is 13.2 Å². The fourth-order valence-corrected chi connectivity index (χ4v) is 2.57. The molecule has 142 valence electrons. The lowest BCUT2D eigenvalue weighted by Gasteiger charge is -2.09. The molecule has 0 unspecified atom stereocenters. The minimum Gasteiger partial charge on any atom is -0.370 e. The van der Waals surface area contributed by atoms with Gasteiger partial charge in [-0.05, 0) is 17.7 Å². The zero-order chi connectivity index (χ0) is 19.4. The van der Waals surface area contributed by atoms with E-state index < -0.39 is 12.7 Å². The number of thioether (sulfide) groups is 1. The van der Waals surface area contributed by atoms with Crippen molar-refractivity contribution in [3.8, 4) is 6.19 Å². The van der Waals surface area contributed by atoms with Crippen molar-refractivity contribution in [1.29, 1.82) is 5.26 Å². The first-order valence-electron chi connectivity index (χ1n) is 7.53. The molecule has 1 rings (SSSR count). The largest absolute Gasteiger partial charge is 0.408 e. The van der Waals surface area contributed by atoms with Crippen LogP contribution < -0.4 is 21.7 Å². The van der Waals surface area contributed by atoms with Gasteiger partial charge in [0, 0.05) is 30.8 Å². The van der Waals surface area contributed by atoms with Gasteiger partial charge in [-0.15, -0.1) is 4.99 Å². The lowest BCUT2D eigenvalue weighted by molar-refractivity contribution is -0.118. The molecule has 0 radical (unpaired) electrons. The molecule has 7 nitrogen and oxygen atoms in total. The number of aliphatic imine (C=N–C) groups is 2. The summed E-state index contributed by atoms with van der Waals surface area (Å²) >= 11 is 1.65. The molecule has 0 amide bonds. The van der Waals surface area contributed by atoms with Crippen molar-refractivity contribution in [3.63, 3.8) is 0 Å². The average molecular weight is 387 g/mol. The molecule has 0 aliphatic heterocycles. The molecule has 0 aliphatic rings. The van der Waals surface area contributed by atoms with Crippen LogP contribution in [0.2, 0.25) is 0 Å². The molecule has 0 aromatic heterocycles. The summed E-state index contributed by atoms with van der Waals surface area (Å²) in [5.74, 6) is 1.61. The summed E-state index contributed by atoms with van der Waals surface area (Å²) in [7, 11) is 1.67. The van der Waals surface area contributed by atoms with E-state index in [1.54, 1.807) is 43.2 Å². The quantitative estimate of drug-likeness (QED) is 0.246. The van der Waals surface area contributed by atoms with Gasteiger partial charge in [0.25, 0.3) is 0 Å². The van der Waals surface area contributed by atoms with Crippen LogP contribution in [0, 0.1) is 11.5 Å². The Hall–Kier alpha value is -2.61. The molecule has 0 bridgehead atoms. The molecule has 0 spiro atoms. The lowest BCUT2D eigenvalue weighted by atomic mass is 10.2. The van der Waals surface area contributed by atoms with E-state index >= 15 is 0 Å². The molecule has 11 heteroatoms. The van der Waals surface area contributed by atoms with E-state index in [-0.39, 0.29) is 5.96 Å². The Morgan fingerprint density at radius 2 is 2.15 bits per heavy atom. The third-order valence-corrected chi connectivity index (χ3v) is 3.86. The summed E-state index contributed by atoms with van der Waals surface area (Å²) in [6.45, 7) is -0.695. The van der Waals surface area contributed by atoms with Crippen LogP contribution in [-0.2, 0) is 5.75 Å². The van der Waals surface area contributed by atoms with Crippen LogP contribution in [0.5, 0.6) is 0 Å². The topological polar surface area (TPSA) is 111 Å². The standard InChI is InChI=1S/C15H20F3N7S/c1-21-14(24-10-19)22-5-6-26-8-11-3-2-4-12(7-11)25-13(20)23-9-15(16,17)18/h2-4,7H,5-6,8-9H2,1H3,(H3,20,23,25)(H2,21,22,24). The maximum atomic E-state index is 12.1. The molecule has 0 saturated carbocycles. The fraction of sp³-hybridized carbons (Fsp3) is 0.400. The van der Waals surface area contributed by atoms with Gasteiger partial charge in [-0.3, -0.25) is 0 Å². The van der Waals surface area contributed by atoms with Crippen LogP contribution in [0.1, 0.15) is 5.56 Å². The van der Waals surface area contributed by atoms with Crippen molar-refractivity contribution in [2.45, 2.75) is 11.9 Å². The van der Waals surface area contributed by atoms with Gasteiger partial charge in [-0.2, -0.15) is 30.2 Å². The Bertz CT molecular complexity index is 668. The summed E-state index contributed by atoms with van der Waals surface area (Å²) in [4.78, 5) is 6.81. The van der Waals surface area contributed by atoms with Gasteiger partial charge in [0.1, 0.15) is 6.54 Å². The molecule has 0 atom stereocenters. The summed E-state index contributed by atoms with van der Waals surface area (Å²) in [6, 6.07) is 7.19. The van der Waals surface area contributed by atoms with E-state index in [1.165, 1.54) is 0 Å². The summed E-state index contributed by atoms with van der Waals surface area (Å²) in [5, 5.41) is 16.9. The molecule has 0 saturated heterocycles. The van der Waals surface area contributed by atoms with Gasteiger partial charge in [0.15, 0.2) is 5.96 Å². The SMILES string of the molecule is CN/C(=N/C#N)NCCSCc1cccc(N/C(N)=N\CC(F)(F)F)c1. The van der Waals surface area contributed by atoms with Crippen LogP contribution in [0.3, 0.4) is 0 Å². The van der Waals surface area contributed by atoms with E-state index in [0.29, 0.717) is 23.9 Å². The van der Waals surface area contributed by atoms with Gasteiger partial charge in [0.2, 0.25) is 12.2 Å². The number of hydrogen-bond donors (Lipinski definition) is 4. The molecule has 0 fully saturated rings. The number of guanidine groups is 2. The highest BCUT2D eigenvalue weighted by Crippen LogP contribution is 2.17. The normalized spacial score (nSPS) is 12.4. The van der Waals surface area contributed by atoms with Crippen molar-refractivity contribution in [2.75, 3.05) is 31.2 Å². The van der Waals surface area contributed by atoms with Crippen LogP contribution in [0.4, 0.5) is 18.9 Å². The Morgan fingerprint density at radius 1 is 1.38 bits per heavy atom. The summed E-state index contributed by atoms with van der Waals surface area (Å²) in [5.41, 5.74) is 7.02. The first kappa shape index (κ1) is 21.4. The highest BCUT2D eigenvalue weighted by atomic mass is 32.2. The van der Waals surface area contributed by atoms with E-state index in [9.17, 15) is 13.2 Å². The van der Waals surface area contributed by atoms with Crippen LogP contribution >= 0.6 is 11.8 Å². The van der Waals surface area contributed by atoms with E-state index in [4.69, 9.17) is 11.0 Å². The van der Waals surface area contributed by atoms with Gasteiger partial charge in [-0.1, -0.05) is 12.1 Å². The Labute approximate surface area is 154 Å². The average Bonchev–Trinajstić information content (AvgIpc) is 2.58. The second kappa shape index (κ2) is 11.1. The highest BCUT2D eigenvalue weighted by Gasteiger charge is 2.26. The number of benzene rings is 1. The molecule has 26 heavy (non-hydrogen) atoms. The zero-order valence-corrected chi connectivity index (χ0v) is 14.9. The number of hydrogen-bond acceptors (Lipinski definition) is 4. The van der Waals surface area contributed by atoms with Crippen molar-refractivity contribution >= 4 is 29.4 Å². The Kier molecular flexibility index (Phi) is 9.14. The van der Waals surface area contributed by atoms with Gasteiger partial charge >= 0.3 is 6.18 Å². The third-order valence-electron chi connectivity index (χ3n) is 2.83. The fourth-order valence-electron chi connectivity index (χ4n) is 1.77. The minimum absolute atomic E-state index is 0.285. The lowest BCUT2D eigenvalue weighted by Crippen LogP contribution is -2.35. The van der Waals surface area contributed by atoms with E-state index in [1.807, 2.05) is 6.07 Å². The number of nitrogens with one attached hydrogen (secondary N) is 3. The molecule has 5 N–H and O–H groups in total. The van der Waals surface area contributed by atoms with E-state index in [0.717, 1.165) is 11.3 Å². The number of anilines is 1. The first-order valence-corrected chi connectivity index (χ1v) is 8.68. The summed E-state index contributed by atoms with van der Waals surface area (Å²) < 4.78 is 36.3. The molecular weight excluding hydrogens is 367 g/mol. The highest BCUT2D eigenvalue weighted by molar-refractivity contribution is 7.98. The first-order chi connectivity index (χ1) is 12.3. The monoisotopic (exact) mass is 387 g/mol. The number of alkyl halides is 3. The molecule has 0 heterocycles. The number of rotatable bonds is 7. The van der Waals surface area contributed by atoms with Crippen LogP contribution in [-0.4, -0.2) is 44.0 Å². The Morgan fingerprint density at radius 3 is 2.81 bits per heavy atom. The summed E-state index contributed by atoms with van der Waals surface area (Å²) in [6.07, 6.45) is -2.69. The predicted molar refractivity (Wildman–Crippen MR) is 98.9 cm³/mol. The number of halogens is 3. The molecule has 1 aromatic carbocycles.